The van der Waals surface area contributed by atoms with Gasteiger partial charge in [0.05, 0.1) is 29.9 Å². The monoisotopic (exact) mass is 563 g/mol. The van der Waals surface area contributed by atoms with Gasteiger partial charge in [0.15, 0.2) is 0 Å². The zero-order valence-electron chi connectivity index (χ0n) is 25.3. The summed E-state index contributed by atoms with van der Waals surface area (Å²) in [6.45, 7) is 10.3. The third-order valence-electron chi connectivity index (χ3n) is 12.9. The van der Waals surface area contributed by atoms with E-state index in [0.717, 1.165) is 48.8 Å². The number of aromatic carboxylic acids is 1. The lowest BCUT2D eigenvalue weighted by Crippen LogP contribution is -2.62. The fourth-order valence-electron chi connectivity index (χ4n) is 10.8. The number of nitrogens with zero attached hydrogens (tertiary/aromatic N) is 1. The highest BCUT2D eigenvalue weighted by Crippen LogP contribution is 2.69. The van der Waals surface area contributed by atoms with Crippen molar-refractivity contribution >= 4 is 16.9 Å². The number of carboxylic acid groups (broad SMARTS) is 1. The minimum atomic E-state index is -0.972. The zero-order chi connectivity index (χ0) is 29.1. The first-order valence-corrected chi connectivity index (χ1v) is 16.2. The summed E-state index contributed by atoms with van der Waals surface area (Å²) in [6.07, 6.45) is 10.7. The molecule has 41 heavy (non-hydrogen) atoms. The summed E-state index contributed by atoms with van der Waals surface area (Å²) < 4.78 is 6.19. The molecule has 0 bridgehead atoms. The predicted octanol–water partition coefficient (Wildman–Crippen LogP) is 6.96. The molecule has 1 aromatic carbocycles. The predicted molar refractivity (Wildman–Crippen MR) is 160 cm³/mol. The quantitative estimate of drug-likeness (QED) is 0.337. The molecule has 4 saturated carbocycles. The van der Waals surface area contributed by atoms with Crippen LogP contribution in [-0.4, -0.2) is 45.1 Å². The van der Waals surface area contributed by atoms with Crippen LogP contribution in [0.25, 0.3) is 10.9 Å². The Bertz CT molecular complexity index is 1280. The number of ether oxygens (including phenoxy) is 1. The second-order valence-corrected chi connectivity index (χ2v) is 14.6. The lowest BCUT2D eigenvalue weighted by atomic mass is 9.41. The largest absolute Gasteiger partial charge is 0.494 e. The van der Waals surface area contributed by atoms with Crippen molar-refractivity contribution in [3.05, 3.63) is 36.0 Å². The van der Waals surface area contributed by atoms with Gasteiger partial charge in [0.25, 0.3) is 0 Å². The van der Waals surface area contributed by atoms with E-state index in [1.165, 1.54) is 31.9 Å². The number of carboxylic acids is 1. The maximum absolute atomic E-state index is 11.9. The molecule has 3 N–H and O–H groups in total. The molecule has 0 aliphatic heterocycles. The number of pyridine rings is 1. The molecule has 0 saturated heterocycles. The number of aliphatic hydroxyl groups is 2. The van der Waals surface area contributed by atoms with Crippen LogP contribution >= 0.6 is 0 Å². The Kier molecular flexibility index (Phi) is 7.64. The Hall–Kier alpha value is -2.18. The van der Waals surface area contributed by atoms with E-state index in [-0.39, 0.29) is 28.6 Å². The molecule has 11 atom stereocenters. The van der Waals surface area contributed by atoms with Gasteiger partial charge in [0.1, 0.15) is 5.75 Å². The van der Waals surface area contributed by atoms with Gasteiger partial charge in [0, 0.05) is 17.6 Å². The summed E-state index contributed by atoms with van der Waals surface area (Å²) in [5.74, 6) is 3.24. The van der Waals surface area contributed by atoms with Crippen LogP contribution in [0.5, 0.6) is 5.75 Å². The third kappa shape index (κ3) is 4.77. The van der Waals surface area contributed by atoms with Crippen molar-refractivity contribution in [1.29, 1.82) is 0 Å². The lowest BCUT2D eigenvalue weighted by molar-refractivity contribution is -0.203. The van der Waals surface area contributed by atoms with E-state index in [9.17, 15) is 20.1 Å². The highest BCUT2D eigenvalue weighted by Gasteiger charge is 2.64. The Balaban J connectivity index is 1.13. The average molecular weight is 564 g/mol. The van der Waals surface area contributed by atoms with Gasteiger partial charge < -0.3 is 20.1 Å². The number of benzene rings is 1. The van der Waals surface area contributed by atoms with E-state index in [0.29, 0.717) is 48.0 Å². The van der Waals surface area contributed by atoms with Crippen molar-refractivity contribution in [2.75, 3.05) is 6.61 Å². The number of hydrogen-bond acceptors (Lipinski definition) is 5. The normalized spacial score (nSPS) is 40.8. The SMILES string of the molecule is CC[C@H]1[C@@H](O)[C@@H]2[C@H](CC[C@]3(C)[C@@H]([C@H](C)CCOc4ccc5cc(C(=O)O)cnc5c4)CC[C@@H]23)[C@@]2(C)CC[C@@H](O)C[C@@H]12. The van der Waals surface area contributed by atoms with Crippen LogP contribution in [-0.2, 0) is 0 Å². The second-order valence-electron chi connectivity index (χ2n) is 14.6. The average Bonchev–Trinajstić information content (AvgIpc) is 3.31. The Morgan fingerprint density at radius 1 is 1.05 bits per heavy atom. The van der Waals surface area contributed by atoms with Crippen LogP contribution < -0.4 is 4.74 Å². The van der Waals surface area contributed by atoms with Crippen LogP contribution in [0.4, 0.5) is 0 Å². The van der Waals surface area contributed by atoms with E-state index in [1.54, 1.807) is 6.07 Å². The van der Waals surface area contributed by atoms with Crippen LogP contribution in [0.3, 0.4) is 0 Å². The van der Waals surface area contributed by atoms with Crippen LogP contribution in [0, 0.1) is 52.3 Å². The molecule has 6 heteroatoms. The van der Waals surface area contributed by atoms with Crippen molar-refractivity contribution in [3.8, 4) is 5.75 Å². The van der Waals surface area contributed by atoms with Gasteiger partial charge in [-0.25, -0.2) is 4.79 Å². The highest BCUT2D eigenvalue weighted by molar-refractivity contribution is 5.92. The van der Waals surface area contributed by atoms with Crippen LogP contribution in [0.15, 0.2) is 30.5 Å². The first-order valence-electron chi connectivity index (χ1n) is 16.2. The van der Waals surface area contributed by atoms with Crippen molar-refractivity contribution < 1.29 is 24.9 Å². The minimum absolute atomic E-state index is 0.190. The molecule has 0 amide bonds. The number of aromatic nitrogens is 1. The Morgan fingerprint density at radius 3 is 2.56 bits per heavy atom. The summed E-state index contributed by atoms with van der Waals surface area (Å²) in [5.41, 5.74) is 1.43. The van der Waals surface area contributed by atoms with Crippen LogP contribution in [0.1, 0.15) is 95.8 Å². The van der Waals surface area contributed by atoms with Crippen molar-refractivity contribution in [3.63, 3.8) is 0 Å². The van der Waals surface area contributed by atoms with Gasteiger partial charge in [-0.2, -0.15) is 0 Å². The zero-order valence-corrected chi connectivity index (χ0v) is 25.3. The summed E-state index contributed by atoms with van der Waals surface area (Å²) in [7, 11) is 0. The summed E-state index contributed by atoms with van der Waals surface area (Å²) in [5, 5.41) is 32.5. The molecule has 0 spiro atoms. The van der Waals surface area contributed by atoms with Gasteiger partial charge in [-0.3, -0.25) is 4.98 Å². The van der Waals surface area contributed by atoms with Crippen LogP contribution in [0.2, 0.25) is 0 Å². The molecule has 4 fully saturated rings. The van der Waals surface area contributed by atoms with Gasteiger partial charge in [-0.1, -0.05) is 34.1 Å². The second kappa shape index (κ2) is 10.8. The highest BCUT2D eigenvalue weighted by atomic mass is 16.5. The molecule has 6 rings (SSSR count). The molecule has 1 aromatic heterocycles. The summed E-state index contributed by atoms with van der Waals surface area (Å²) >= 11 is 0. The first-order chi connectivity index (χ1) is 19.6. The van der Waals surface area contributed by atoms with Gasteiger partial charge in [-0.05, 0) is 122 Å². The molecule has 4 aliphatic carbocycles. The molecule has 6 nitrogen and oxygen atoms in total. The molecule has 4 aliphatic rings. The lowest BCUT2D eigenvalue weighted by Gasteiger charge is -2.64. The molecule has 0 radical (unpaired) electrons. The summed E-state index contributed by atoms with van der Waals surface area (Å²) in [4.78, 5) is 15.6. The fourth-order valence-corrected chi connectivity index (χ4v) is 10.8. The molecule has 2 aromatic rings. The van der Waals surface area contributed by atoms with E-state index < -0.39 is 5.97 Å². The van der Waals surface area contributed by atoms with Gasteiger partial charge in [-0.15, -0.1) is 0 Å². The topological polar surface area (TPSA) is 99.9 Å². The molecular weight excluding hydrogens is 514 g/mol. The first kappa shape index (κ1) is 28.9. The number of aliphatic hydroxyl groups excluding tert-OH is 2. The maximum atomic E-state index is 11.9. The van der Waals surface area contributed by atoms with E-state index >= 15 is 0 Å². The number of hydrogen-bond donors (Lipinski definition) is 3. The van der Waals surface area contributed by atoms with E-state index in [1.807, 2.05) is 18.2 Å². The number of carbonyl (C=O) groups is 1. The van der Waals surface area contributed by atoms with E-state index in [2.05, 4.69) is 32.7 Å². The molecular formula is C35H49NO5. The van der Waals surface area contributed by atoms with Crippen molar-refractivity contribution in [1.82, 2.24) is 4.98 Å². The third-order valence-corrected chi connectivity index (χ3v) is 12.9. The minimum Gasteiger partial charge on any atom is -0.494 e. The fraction of sp³-hybridized carbons (Fsp3) is 0.714. The smallest absolute Gasteiger partial charge is 0.337 e. The van der Waals surface area contributed by atoms with Gasteiger partial charge >= 0.3 is 5.97 Å². The molecule has 224 valence electrons. The Labute approximate surface area is 244 Å². The van der Waals surface area contributed by atoms with Crippen molar-refractivity contribution in [2.24, 2.45) is 52.3 Å². The number of rotatable bonds is 7. The summed E-state index contributed by atoms with van der Waals surface area (Å²) in [6, 6.07) is 7.33. The molecule has 0 unspecified atom stereocenters. The maximum Gasteiger partial charge on any atom is 0.337 e. The Morgan fingerprint density at radius 2 is 1.80 bits per heavy atom. The van der Waals surface area contributed by atoms with Gasteiger partial charge in [0.2, 0.25) is 0 Å². The van der Waals surface area contributed by atoms with E-state index in [4.69, 9.17) is 4.74 Å². The standard InChI is InChI=1S/C35H49NO5/c1-5-25-29-17-23(37)10-13-35(29,4)28-11-14-34(3)26(8-9-27(34)31(28)32(25)38)20(2)12-15-41-24-7-6-21-16-22(33(39)40)19-36-30(21)18-24/h6-7,16,18-20,23,25-29,31-32,37-38H,5,8-15,17H2,1-4H3,(H,39,40)/t20-,23-,25-,26-,27+,28+,29+,31+,32-,34-,35-/m1/s1. The molecule has 1 heterocycles. The van der Waals surface area contributed by atoms with Crippen molar-refractivity contribution in [2.45, 2.75) is 97.7 Å². The number of fused-ring (bicyclic) bond motifs is 6.